The fourth-order valence-corrected chi connectivity index (χ4v) is 0.956. The third-order valence-corrected chi connectivity index (χ3v) is 1.92. The first kappa shape index (κ1) is 15.4. The molecule has 0 saturated carbocycles. The maximum Gasteiger partial charge on any atom is 0.181 e. The van der Waals surface area contributed by atoms with Crippen LogP contribution in [0.25, 0.3) is 0 Å². The molecule has 0 bridgehead atoms. The Morgan fingerprint density at radius 1 is 1.12 bits per heavy atom. The summed E-state index contributed by atoms with van der Waals surface area (Å²) in [5.41, 5.74) is 0. The van der Waals surface area contributed by atoms with E-state index >= 15 is 0 Å². The van der Waals surface area contributed by atoms with Crippen molar-refractivity contribution in [2.45, 2.75) is 26.2 Å². The van der Waals surface area contributed by atoms with Gasteiger partial charge in [-0.25, -0.2) is 0 Å². The summed E-state index contributed by atoms with van der Waals surface area (Å²) in [4.78, 5) is 33.2. The molecule has 0 aliphatic carbocycles. The number of carbonyl (C=O) groups excluding carboxylic acids is 3. The Balaban J connectivity index is 3.82. The van der Waals surface area contributed by atoms with Crippen LogP contribution in [0.3, 0.4) is 0 Å². The number of allylic oxidation sites excluding steroid dienone is 2. The largest absolute Gasteiger partial charge is 0.373 e. The van der Waals surface area contributed by atoms with Gasteiger partial charge in [0, 0.05) is 6.61 Å². The van der Waals surface area contributed by atoms with Crippen LogP contribution in [0.1, 0.15) is 26.2 Å². The molecule has 17 heavy (non-hydrogen) atoms. The first-order valence-corrected chi connectivity index (χ1v) is 5.57. The van der Waals surface area contributed by atoms with E-state index in [1.807, 2.05) is 6.92 Å². The van der Waals surface area contributed by atoms with Gasteiger partial charge in [0.05, 0.1) is 6.42 Å². The van der Waals surface area contributed by atoms with Crippen LogP contribution in [0.2, 0.25) is 0 Å². The van der Waals surface area contributed by atoms with Crippen LogP contribution >= 0.6 is 0 Å². The number of ketones is 3. The first-order chi connectivity index (χ1) is 8.10. The second kappa shape index (κ2) is 9.66. The molecule has 4 heteroatoms. The predicted octanol–water partition coefficient (Wildman–Crippen LogP) is 1.64. The van der Waals surface area contributed by atoms with E-state index in [4.69, 9.17) is 4.74 Å². The van der Waals surface area contributed by atoms with Gasteiger partial charge in [-0.3, -0.25) is 14.4 Å². The van der Waals surface area contributed by atoms with Crippen molar-refractivity contribution in [3.8, 4) is 0 Å². The van der Waals surface area contributed by atoms with E-state index in [9.17, 15) is 14.4 Å². The zero-order chi connectivity index (χ0) is 13.1. The van der Waals surface area contributed by atoms with E-state index < -0.39 is 5.78 Å². The van der Waals surface area contributed by atoms with Crippen LogP contribution in [0.5, 0.6) is 0 Å². The maximum absolute atomic E-state index is 11.2. The highest BCUT2D eigenvalue weighted by atomic mass is 16.5. The molecule has 0 fully saturated rings. The Morgan fingerprint density at radius 2 is 1.76 bits per heavy atom. The molecule has 0 aromatic rings. The van der Waals surface area contributed by atoms with E-state index in [1.165, 1.54) is 0 Å². The first-order valence-electron chi connectivity index (χ1n) is 5.57. The van der Waals surface area contributed by atoms with Crippen molar-refractivity contribution in [3.05, 3.63) is 24.8 Å². The molecular formula is C13H18O4. The average molecular weight is 238 g/mol. The fourth-order valence-electron chi connectivity index (χ4n) is 0.956. The minimum absolute atomic E-state index is 0.0286. The van der Waals surface area contributed by atoms with Gasteiger partial charge in [0.2, 0.25) is 0 Å². The van der Waals surface area contributed by atoms with E-state index in [0.717, 1.165) is 31.1 Å². The molecule has 0 spiro atoms. The smallest absolute Gasteiger partial charge is 0.181 e. The van der Waals surface area contributed by atoms with Crippen molar-refractivity contribution in [3.63, 3.8) is 0 Å². The quantitative estimate of drug-likeness (QED) is 0.330. The van der Waals surface area contributed by atoms with E-state index in [0.29, 0.717) is 6.61 Å². The molecule has 0 N–H and O–H groups in total. The Hall–Kier alpha value is -1.55. The number of hydrogen-bond acceptors (Lipinski definition) is 4. The molecule has 0 atom stereocenters. The third-order valence-electron chi connectivity index (χ3n) is 1.92. The Kier molecular flexibility index (Phi) is 8.78. The van der Waals surface area contributed by atoms with E-state index in [2.05, 4.69) is 6.58 Å². The van der Waals surface area contributed by atoms with Gasteiger partial charge in [-0.05, 0) is 24.6 Å². The topological polar surface area (TPSA) is 60.4 Å². The molecule has 0 saturated heterocycles. The lowest BCUT2D eigenvalue weighted by Crippen LogP contribution is -2.08. The number of unbranched alkanes of at least 4 members (excludes halogenated alkanes) is 1. The van der Waals surface area contributed by atoms with Crippen molar-refractivity contribution in [1.82, 2.24) is 0 Å². The van der Waals surface area contributed by atoms with E-state index in [-0.39, 0.29) is 24.6 Å². The summed E-state index contributed by atoms with van der Waals surface area (Å²) in [6.07, 6.45) is 5.00. The van der Waals surface area contributed by atoms with Crippen molar-refractivity contribution >= 4 is 17.3 Å². The number of rotatable bonds is 10. The fraction of sp³-hybridized carbons (Fsp3) is 0.462. The van der Waals surface area contributed by atoms with Gasteiger partial charge in [0.25, 0.3) is 0 Å². The summed E-state index contributed by atoms with van der Waals surface area (Å²) in [5, 5.41) is 0. The van der Waals surface area contributed by atoms with Crippen molar-refractivity contribution < 1.29 is 19.1 Å². The number of hydrogen-bond donors (Lipinski definition) is 0. The lowest BCUT2D eigenvalue weighted by Gasteiger charge is -1.98. The highest BCUT2D eigenvalue weighted by Gasteiger charge is 2.03. The Labute approximate surface area is 101 Å². The summed E-state index contributed by atoms with van der Waals surface area (Å²) in [6, 6.07) is 0. The van der Waals surface area contributed by atoms with E-state index in [1.54, 1.807) is 0 Å². The molecule has 0 aromatic heterocycles. The second-order valence-electron chi connectivity index (χ2n) is 3.52. The predicted molar refractivity (Wildman–Crippen MR) is 64.7 cm³/mol. The normalized spacial score (nSPS) is 10.4. The van der Waals surface area contributed by atoms with Crippen molar-refractivity contribution in [1.29, 1.82) is 0 Å². The van der Waals surface area contributed by atoms with Gasteiger partial charge in [-0.2, -0.15) is 0 Å². The molecular weight excluding hydrogens is 220 g/mol. The summed E-state index contributed by atoms with van der Waals surface area (Å²) in [7, 11) is 0. The van der Waals surface area contributed by atoms with Crippen LogP contribution in [-0.4, -0.2) is 30.6 Å². The van der Waals surface area contributed by atoms with Gasteiger partial charge in [0.1, 0.15) is 6.61 Å². The van der Waals surface area contributed by atoms with Crippen molar-refractivity contribution in [2.75, 3.05) is 13.2 Å². The zero-order valence-corrected chi connectivity index (χ0v) is 10.1. The molecule has 4 nitrogen and oxygen atoms in total. The highest BCUT2D eigenvalue weighted by Crippen LogP contribution is 1.92. The standard InChI is InChI=1S/C13H18O4/c1-3-5-8-17-10-13(16)7-6-12(15)9-11(14)4-2/h4,6-7H,2-3,5,8-10H2,1H3. The Morgan fingerprint density at radius 3 is 2.35 bits per heavy atom. The lowest BCUT2D eigenvalue weighted by molar-refractivity contribution is -0.123. The molecule has 0 aliphatic rings. The van der Waals surface area contributed by atoms with Crippen LogP contribution in [-0.2, 0) is 19.1 Å². The van der Waals surface area contributed by atoms with Crippen LogP contribution in [0.4, 0.5) is 0 Å². The monoisotopic (exact) mass is 238 g/mol. The van der Waals surface area contributed by atoms with Gasteiger partial charge < -0.3 is 4.74 Å². The maximum atomic E-state index is 11.2. The Bertz CT molecular complexity index is 315. The van der Waals surface area contributed by atoms with Crippen LogP contribution in [0, 0.1) is 0 Å². The van der Waals surface area contributed by atoms with Crippen LogP contribution < -0.4 is 0 Å². The summed E-state index contributed by atoms with van der Waals surface area (Å²) < 4.78 is 5.08. The summed E-state index contributed by atoms with van der Waals surface area (Å²) in [5.74, 6) is -1.04. The van der Waals surface area contributed by atoms with Crippen LogP contribution in [0.15, 0.2) is 24.8 Å². The highest BCUT2D eigenvalue weighted by molar-refractivity contribution is 6.10. The number of ether oxygens (including phenoxy) is 1. The van der Waals surface area contributed by atoms with Crippen molar-refractivity contribution in [2.24, 2.45) is 0 Å². The molecule has 0 unspecified atom stereocenters. The molecule has 0 heterocycles. The minimum atomic E-state index is -0.406. The molecule has 0 aromatic carbocycles. The van der Waals surface area contributed by atoms with Gasteiger partial charge in [-0.15, -0.1) is 0 Å². The average Bonchev–Trinajstić information content (AvgIpc) is 2.32. The van der Waals surface area contributed by atoms with Gasteiger partial charge in [-0.1, -0.05) is 19.9 Å². The molecule has 94 valence electrons. The SMILES string of the molecule is C=CC(=O)CC(=O)C=CC(=O)COCCCC. The summed E-state index contributed by atoms with van der Waals surface area (Å²) >= 11 is 0. The van der Waals surface area contributed by atoms with Gasteiger partial charge >= 0.3 is 0 Å². The van der Waals surface area contributed by atoms with Gasteiger partial charge in [0.15, 0.2) is 17.3 Å². The zero-order valence-electron chi connectivity index (χ0n) is 10.1. The molecule has 0 rings (SSSR count). The molecule has 0 amide bonds. The third kappa shape index (κ3) is 9.38. The molecule has 0 aliphatic heterocycles. The number of carbonyl (C=O) groups is 3. The lowest BCUT2D eigenvalue weighted by atomic mass is 10.2. The minimum Gasteiger partial charge on any atom is -0.373 e. The second-order valence-corrected chi connectivity index (χ2v) is 3.52. The molecule has 0 radical (unpaired) electrons. The summed E-state index contributed by atoms with van der Waals surface area (Å²) in [6.45, 7) is 5.79.